The van der Waals surface area contributed by atoms with Gasteiger partial charge < -0.3 is 5.32 Å². The number of sulfonamides is 1. The zero-order valence-electron chi connectivity index (χ0n) is 12.2. The first-order valence-electron chi connectivity index (χ1n) is 6.89. The topological polar surface area (TPSA) is 58.2 Å². The highest BCUT2D eigenvalue weighted by atomic mass is 32.2. The summed E-state index contributed by atoms with van der Waals surface area (Å²) in [6.07, 6.45) is 0. The van der Waals surface area contributed by atoms with E-state index in [9.17, 15) is 8.42 Å². The zero-order valence-corrected chi connectivity index (χ0v) is 13.0. The van der Waals surface area contributed by atoms with Gasteiger partial charge in [-0.3, -0.25) is 4.72 Å². The first kappa shape index (κ1) is 15.4. The van der Waals surface area contributed by atoms with Crippen LogP contribution in [0.25, 0.3) is 0 Å². The molecule has 0 radical (unpaired) electrons. The van der Waals surface area contributed by atoms with Crippen molar-refractivity contribution in [3.8, 4) is 0 Å². The highest BCUT2D eigenvalue weighted by Gasteiger charge is 2.12. The minimum Gasteiger partial charge on any atom is -0.385 e. The van der Waals surface area contributed by atoms with Gasteiger partial charge in [0.2, 0.25) is 0 Å². The van der Waals surface area contributed by atoms with Crippen molar-refractivity contribution in [3.05, 3.63) is 54.6 Å². The molecule has 2 aromatic rings. The van der Waals surface area contributed by atoms with Crippen molar-refractivity contribution >= 4 is 21.4 Å². The van der Waals surface area contributed by atoms with Crippen LogP contribution in [0, 0.1) is 5.92 Å². The van der Waals surface area contributed by atoms with Crippen molar-refractivity contribution in [1.82, 2.24) is 0 Å². The molecule has 0 spiro atoms. The smallest absolute Gasteiger partial charge is 0.261 e. The molecular formula is C16H20N2O2S. The number of anilines is 2. The second-order valence-corrected chi connectivity index (χ2v) is 6.95. The molecule has 0 aliphatic rings. The van der Waals surface area contributed by atoms with Gasteiger partial charge in [0, 0.05) is 17.9 Å². The van der Waals surface area contributed by atoms with Gasteiger partial charge in [-0.2, -0.15) is 0 Å². The van der Waals surface area contributed by atoms with E-state index in [1.165, 1.54) is 0 Å². The van der Waals surface area contributed by atoms with Crippen LogP contribution < -0.4 is 10.0 Å². The van der Waals surface area contributed by atoms with Crippen LogP contribution in [0.5, 0.6) is 0 Å². The van der Waals surface area contributed by atoms with E-state index < -0.39 is 10.0 Å². The van der Waals surface area contributed by atoms with Crippen LogP contribution in [0.15, 0.2) is 59.5 Å². The van der Waals surface area contributed by atoms with Crippen LogP contribution in [0.2, 0.25) is 0 Å². The summed E-state index contributed by atoms with van der Waals surface area (Å²) in [6.45, 7) is 5.15. The number of nitrogens with one attached hydrogen (secondary N) is 2. The van der Waals surface area contributed by atoms with Gasteiger partial charge in [-0.1, -0.05) is 32.0 Å². The molecule has 0 saturated heterocycles. The van der Waals surface area contributed by atoms with Crippen LogP contribution in [0.4, 0.5) is 11.4 Å². The lowest BCUT2D eigenvalue weighted by molar-refractivity contribution is 0.601. The fourth-order valence-electron chi connectivity index (χ4n) is 1.79. The molecule has 0 saturated carbocycles. The quantitative estimate of drug-likeness (QED) is 0.858. The van der Waals surface area contributed by atoms with Crippen molar-refractivity contribution in [3.63, 3.8) is 0 Å². The van der Waals surface area contributed by atoms with Crippen molar-refractivity contribution in [1.29, 1.82) is 0 Å². The Bertz CT molecular complexity index is 665. The summed E-state index contributed by atoms with van der Waals surface area (Å²) >= 11 is 0. The molecule has 0 fully saturated rings. The standard InChI is InChI=1S/C16H20N2O2S/c1-13(2)12-17-14-8-10-15(11-9-14)18-21(19,20)16-6-4-3-5-7-16/h3-11,13,17-18H,12H2,1-2H3. The Balaban J connectivity index is 2.06. The average Bonchev–Trinajstić information content (AvgIpc) is 2.47. The molecule has 0 amide bonds. The fourth-order valence-corrected chi connectivity index (χ4v) is 2.87. The summed E-state index contributed by atoms with van der Waals surface area (Å²) in [5.74, 6) is 0.557. The Morgan fingerprint density at radius 2 is 1.48 bits per heavy atom. The van der Waals surface area contributed by atoms with Gasteiger partial charge in [-0.25, -0.2) is 8.42 Å². The van der Waals surface area contributed by atoms with Crippen LogP contribution in [-0.2, 0) is 10.0 Å². The Morgan fingerprint density at radius 1 is 0.905 bits per heavy atom. The fraction of sp³-hybridized carbons (Fsp3) is 0.250. The minimum atomic E-state index is -3.52. The van der Waals surface area contributed by atoms with Gasteiger partial charge in [0.1, 0.15) is 0 Å². The van der Waals surface area contributed by atoms with E-state index in [0.717, 1.165) is 12.2 Å². The Morgan fingerprint density at radius 3 is 2.05 bits per heavy atom. The molecular weight excluding hydrogens is 284 g/mol. The van der Waals surface area contributed by atoms with Gasteiger partial charge in [-0.05, 0) is 42.3 Å². The predicted molar refractivity (Wildman–Crippen MR) is 87.0 cm³/mol. The molecule has 112 valence electrons. The molecule has 2 N–H and O–H groups in total. The molecule has 5 heteroatoms. The van der Waals surface area contributed by atoms with Gasteiger partial charge in [0.05, 0.1) is 4.90 Å². The molecule has 21 heavy (non-hydrogen) atoms. The SMILES string of the molecule is CC(C)CNc1ccc(NS(=O)(=O)c2ccccc2)cc1. The molecule has 0 unspecified atom stereocenters. The zero-order chi connectivity index (χ0) is 15.3. The summed E-state index contributed by atoms with van der Waals surface area (Å²) in [4.78, 5) is 0.256. The van der Waals surface area contributed by atoms with Crippen molar-refractivity contribution in [2.75, 3.05) is 16.6 Å². The molecule has 0 heterocycles. The third-order valence-corrected chi connectivity index (χ3v) is 4.30. The normalized spacial score (nSPS) is 11.4. The Labute approximate surface area is 126 Å². The van der Waals surface area contributed by atoms with E-state index in [1.807, 2.05) is 12.1 Å². The molecule has 0 aliphatic carbocycles. The Kier molecular flexibility index (Phi) is 4.85. The minimum absolute atomic E-state index is 0.256. The Hall–Kier alpha value is -2.01. The first-order valence-corrected chi connectivity index (χ1v) is 8.37. The highest BCUT2D eigenvalue weighted by Crippen LogP contribution is 2.18. The molecule has 2 aromatic carbocycles. The largest absolute Gasteiger partial charge is 0.385 e. The van der Waals surface area contributed by atoms with E-state index in [4.69, 9.17) is 0 Å². The second-order valence-electron chi connectivity index (χ2n) is 5.27. The van der Waals surface area contributed by atoms with E-state index >= 15 is 0 Å². The van der Waals surface area contributed by atoms with E-state index in [1.54, 1.807) is 42.5 Å². The van der Waals surface area contributed by atoms with Gasteiger partial charge in [0.25, 0.3) is 10.0 Å². The first-order chi connectivity index (χ1) is 9.97. The summed E-state index contributed by atoms with van der Waals surface area (Å²) in [6, 6.07) is 15.6. The summed E-state index contributed by atoms with van der Waals surface area (Å²) in [7, 11) is -3.52. The lowest BCUT2D eigenvalue weighted by Crippen LogP contribution is -2.13. The van der Waals surface area contributed by atoms with E-state index in [-0.39, 0.29) is 4.90 Å². The molecule has 0 bridgehead atoms. The number of hydrogen-bond acceptors (Lipinski definition) is 3. The van der Waals surface area contributed by atoms with Crippen LogP contribution in [0.3, 0.4) is 0 Å². The van der Waals surface area contributed by atoms with Gasteiger partial charge >= 0.3 is 0 Å². The molecule has 0 atom stereocenters. The number of hydrogen-bond donors (Lipinski definition) is 2. The summed E-state index contributed by atoms with van der Waals surface area (Å²) in [5.41, 5.74) is 1.53. The van der Waals surface area contributed by atoms with Crippen molar-refractivity contribution in [2.45, 2.75) is 18.7 Å². The van der Waals surface area contributed by atoms with Gasteiger partial charge in [0.15, 0.2) is 0 Å². The lowest BCUT2D eigenvalue weighted by Gasteiger charge is -2.11. The third-order valence-electron chi connectivity index (χ3n) is 2.91. The van der Waals surface area contributed by atoms with Crippen LogP contribution in [-0.4, -0.2) is 15.0 Å². The maximum atomic E-state index is 12.2. The highest BCUT2D eigenvalue weighted by molar-refractivity contribution is 7.92. The van der Waals surface area contributed by atoms with Crippen molar-refractivity contribution < 1.29 is 8.42 Å². The second kappa shape index (κ2) is 6.63. The van der Waals surface area contributed by atoms with Crippen LogP contribution in [0.1, 0.15) is 13.8 Å². The molecule has 4 nitrogen and oxygen atoms in total. The number of rotatable bonds is 6. The molecule has 2 rings (SSSR count). The third kappa shape index (κ3) is 4.49. The number of benzene rings is 2. The van der Waals surface area contributed by atoms with E-state index in [0.29, 0.717) is 11.6 Å². The summed E-state index contributed by atoms with van der Waals surface area (Å²) < 4.78 is 26.9. The van der Waals surface area contributed by atoms with E-state index in [2.05, 4.69) is 23.9 Å². The van der Waals surface area contributed by atoms with Gasteiger partial charge in [-0.15, -0.1) is 0 Å². The predicted octanol–water partition coefficient (Wildman–Crippen LogP) is 3.56. The monoisotopic (exact) mass is 304 g/mol. The lowest BCUT2D eigenvalue weighted by atomic mass is 10.2. The molecule has 0 aliphatic heterocycles. The van der Waals surface area contributed by atoms with Crippen LogP contribution >= 0.6 is 0 Å². The summed E-state index contributed by atoms with van der Waals surface area (Å²) in [5, 5.41) is 3.29. The van der Waals surface area contributed by atoms with Crippen molar-refractivity contribution in [2.24, 2.45) is 5.92 Å². The molecule has 0 aromatic heterocycles. The maximum absolute atomic E-state index is 12.2. The average molecular weight is 304 g/mol. The maximum Gasteiger partial charge on any atom is 0.261 e.